The highest BCUT2D eigenvalue weighted by Gasteiger charge is 2.63. The van der Waals surface area contributed by atoms with E-state index in [0.29, 0.717) is 61.4 Å². The summed E-state index contributed by atoms with van der Waals surface area (Å²) in [7, 11) is -7.70. The molecule has 4 aromatic heterocycles. The van der Waals surface area contributed by atoms with Crippen LogP contribution in [0.1, 0.15) is 152 Å². The zero-order chi connectivity index (χ0) is 71.9. The summed E-state index contributed by atoms with van der Waals surface area (Å²) in [4.78, 5) is 150. The van der Waals surface area contributed by atoms with Crippen LogP contribution in [0.25, 0.3) is 21.8 Å². The third-order valence-corrected chi connectivity index (χ3v) is 22.9. The number of carbonyl (C=O) groups is 10. The van der Waals surface area contributed by atoms with Gasteiger partial charge in [-0.05, 0) is 136 Å². The molecule has 2 saturated heterocycles. The summed E-state index contributed by atoms with van der Waals surface area (Å²) in [6.45, 7) is 18.5. The van der Waals surface area contributed by atoms with Crippen molar-refractivity contribution in [3.05, 3.63) is 97.9 Å². The van der Waals surface area contributed by atoms with Crippen LogP contribution in [0, 0.1) is 34.5 Å². The van der Waals surface area contributed by atoms with Gasteiger partial charge in [-0.1, -0.05) is 53.7 Å². The first kappa shape index (κ1) is 72.9. The summed E-state index contributed by atoms with van der Waals surface area (Å²) >= 11 is 0. The van der Waals surface area contributed by atoms with Crippen LogP contribution in [0.3, 0.4) is 0 Å². The van der Waals surface area contributed by atoms with Gasteiger partial charge in [0.25, 0.3) is 17.7 Å². The van der Waals surface area contributed by atoms with Gasteiger partial charge in [0, 0.05) is 85.4 Å². The number of nitrogens with one attached hydrogen (secondary N) is 7. The van der Waals surface area contributed by atoms with Gasteiger partial charge < -0.3 is 47.2 Å². The van der Waals surface area contributed by atoms with Crippen molar-refractivity contribution in [3.63, 3.8) is 0 Å². The molecule has 6 heterocycles. The van der Waals surface area contributed by atoms with Crippen LogP contribution in [0.2, 0.25) is 0 Å². The van der Waals surface area contributed by atoms with Gasteiger partial charge in [0.1, 0.15) is 46.6 Å². The van der Waals surface area contributed by atoms with Crippen LogP contribution < -0.4 is 41.8 Å². The maximum absolute atomic E-state index is 14.3. The van der Waals surface area contributed by atoms with Gasteiger partial charge in [-0.2, -0.15) is 0 Å². The average molecular weight is 1410 g/mol. The molecule has 31 heteroatoms. The molecule has 532 valence electrons. The van der Waals surface area contributed by atoms with Crippen molar-refractivity contribution >= 4 is 101 Å². The van der Waals surface area contributed by atoms with E-state index in [1.54, 1.807) is 55.1 Å². The van der Waals surface area contributed by atoms with Gasteiger partial charge in [0.15, 0.2) is 0 Å². The Balaban J connectivity index is 0.000000185. The molecule has 6 saturated carbocycles. The van der Waals surface area contributed by atoms with Gasteiger partial charge in [-0.15, -0.1) is 13.2 Å². The SMILES string of the molecule is C=CC1CC1(NC(=O)[C@@H]1C[C@@H](N)CN1C(=O)[C@@H](NC(=O)CC1CC1)C(C)(C)C)C(=O)NS(=O)(=O)C1CC1.C=CC1CC1(NC(=O)[C@@H]1C[C@@H](NC(=O)c2ccc3cnccc3n2)CN1C(=O)[C@@H](NC(=O)CC1CC1)C(C)(C)C)C(=O)NS(=O)(=O)C1CC1.O=C(O)c1ccc2cnccc2n1. The molecular weight excluding hydrogens is 1320 g/mol. The minimum atomic E-state index is -3.89. The molecule has 0 bridgehead atoms. The number of aromatic carboxylic acids is 1. The Labute approximate surface area is 574 Å². The summed E-state index contributed by atoms with van der Waals surface area (Å²) in [6.07, 6.45) is 16.5. The Hall–Kier alpha value is -8.84. The summed E-state index contributed by atoms with van der Waals surface area (Å²) in [6, 6.07) is 4.73. The van der Waals surface area contributed by atoms with E-state index in [0.717, 1.165) is 36.5 Å². The molecule has 8 aliphatic rings. The minimum Gasteiger partial charge on any atom is -0.477 e. The van der Waals surface area contributed by atoms with Crippen LogP contribution in [-0.4, -0.2) is 182 Å². The van der Waals surface area contributed by atoms with Gasteiger partial charge in [-0.25, -0.2) is 31.6 Å². The normalized spacial score (nSPS) is 25.3. The summed E-state index contributed by atoms with van der Waals surface area (Å²) < 4.78 is 54.2. The fraction of sp³-hybridized carbons (Fsp3) is 0.559. The lowest BCUT2D eigenvalue weighted by molar-refractivity contribution is -0.144. The first-order chi connectivity index (χ1) is 46.6. The lowest BCUT2D eigenvalue weighted by Crippen LogP contribution is -2.60. The van der Waals surface area contributed by atoms with Crippen LogP contribution in [-0.2, 0) is 58.4 Å². The van der Waals surface area contributed by atoms with E-state index in [-0.39, 0.29) is 62.0 Å². The molecule has 0 spiro atoms. The number of carbonyl (C=O) groups excluding carboxylic acids is 9. The minimum absolute atomic E-state index is 0.00449. The Morgan fingerprint density at radius 1 is 0.606 bits per heavy atom. The summed E-state index contributed by atoms with van der Waals surface area (Å²) in [5.74, 6) is -6.09. The quantitative estimate of drug-likeness (QED) is 0.0482. The molecule has 4 unspecified atom stereocenters. The molecular formula is C68H88N14O15S2. The maximum atomic E-state index is 14.3. The van der Waals surface area contributed by atoms with E-state index in [1.165, 1.54) is 28.0 Å². The van der Waals surface area contributed by atoms with Crippen molar-refractivity contribution in [2.45, 2.75) is 189 Å². The number of rotatable bonds is 23. The number of nitrogens with zero attached hydrogens (tertiary/aromatic N) is 6. The van der Waals surface area contributed by atoms with Gasteiger partial charge in [-0.3, -0.25) is 62.6 Å². The monoisotopic (exact) mass is 1400 g/mol. The predicted molar refractivity (Wildman–Crippen MR) is 361 cm³/mol. The van der Waals surface area contributed by atoms with Crippen molar-refractivity contribution in [1.29, 1.82) is 0 Å². The molecule has 0 radical (unpaired) electrons. The molecule has 4 aromatic rings. The number of nitrogens with two attached hydrogens (primary N) is 1. The Morgan fingerprint density at radius 3 is 1.41 bits per heavy atom. The molecule has 9 amide bonds. The zero-order valence-electron chi connectivity index (χ0n) is 56.3. The second-order valence-electron chi connectivity index (χ2n) is 29.6. The summed E-state index contributed by atoms with van der Waals surface area (Å²) in [5, 5.41) is 23.2. The number of pyridine rings is 4. The number of hydrogen-bond acceptors (Lipinski definition) is 19. The van der Waals surface area contributed by atoms with E-state index < -0.39 is 148 Å². The largest absolute Gasteiger partial charge is 0.477 e. The second kappa shape index (κ2) is 28.4. The standard InChI is InChI=1S/C34H43N7O7S.C25H39N5O6S.C9H6N2O2/c1-5-21-16-34(21,32(46)40-49(47,48)23-9-10-23)39-30(44)26-15-22(36-29(43)25-11-8-20-17-35-13-12-24(20)37-25)18-41(26)31(45)28(33(2,3)4)38-27(42)14-19-6-7-19;1-5-15-12-25(15,23(34)29-37(35,36)17-8-9-17)28-21(32)18-11-16(26)13-30(18)22(33)20(24(2,3)4)27-19(31)10-14-6-7-14;12-9(13)8-2-1-6-5-10-4-3-7(6)11-8/h5,8,11-13,17,19,21-23,26,28H,1,6-7,9-10,14-16,18H2,2-4H3,(H,36,43)(H,38,42)(H,39,44)(H,40,46);5,14-18,20H,1,6-13,26H2,2-4H3,(H,27,31)(H,28,32)(H,29,34);1-5H,(H,12,13)/t21?,22-,26+,28-,34?;15?,16-,18+,20-,25?;/m11./s1. The summed E-state index contributed by atoms with van der Waals surface area (Å²) in [5.41, 5.74) is 3.23. The molecule has 2 aliphatic heterocycles. The highest BCUT2D eigenvalue weighted by molar-refractivity contribution is 7.91. The predicted octanol–water partition coefficient (Wildman–Crippen LogP) is 2.57. The van der Waals surface area contributed by atoms with E-state index >= 15 is 0 Å². The van der Waals surface area contributed by atoms with Gasteiger partial charge in [0.05, 0.1) is 21.5 Å². The lowest BCUT2D eigenvalue weighted by Gasteiger charge is -2.35. The highest BCUT2D eigenvalue weighted by atomic mass is 32.2. The smallest absolute Gasteiger partial charge is 0.354 e. The Kier molecular flexibility index (Phi) is 20.9. The molecule has 10 atom stereocenters. The van der Waals surface area contributed by atoms with Crippen molar-refractivity contribution in [1.82, 2.24) is 65.8 Å². The van der Waals surface area contributed by atoms with E-state index in [4.69, 9.17) is 10.8 Å². The third kappa shape index (κ3) is 17.4. The van der Waals surface area contributed by atoms with Crippen LogP contribution in [0.4, 0.5) is 0 Å². The van der Waals surface area contributed by atoms with E-state index in [2.05, 4.69) is 69.1 Å². The number of carboxylic acid groups (broad SMARTS) is 1. The zero-order valence-corrected chi connectivity index (χ0v) is 58.0. The fourth-order valence-electron chi connectivity index (χ4n) is 12.5. The molecule has 8 fully saturated rings. The molecule has 6 aliphatic carbocycles. The number of aromatic nitrogens is 4. The topological polar surface area (TPSA) is 427 Å². The second-order valence-corrected chi connectivity index (χ2v) is 33.6. The third-order valence-electron chi connectivity index (χ3n) is 19.2. The Bertz CT molecular complexity index is 4150. The van der Waals surface area contributed by atoms with E-state index in [1.807, 2.05) is 41.5 Å². The van der Waals surface area contributed by atoms with Crippen LogP contribution in [0.15, 0.2) is 86.5 Å². The number of amides is 9. The van der Waals surface area contributed by atoms with Crippen molar-refractivity contribution in [2.24, 2.45) is 40.2 Å². The van der Waals surface area contributed by atoms with Gasteiger partial charge in [0.2, 0.25) is 55.5 Å². The molecule has 10 N–H and O–H groups in total. The molecule has 99 heavy (non-hydrogen) atoms. The van der Waals surface area contributed by atoms with Crippen molar-refractivity contribution in [3.8, 4) is 0 Å². The maximum Gasteiger partial charge on any atom is 0.354 e. The van der Waals surface area contributed by atoms with Crippen molar-refractivity contribution < 1.29 is 69.9 Å². The van der Waals surface area contributed by atoms with Crippen LogP contribution in [0.5, 0.6) is 0 Å². The average Bonchev–Trinajstić information content (AvgIpc) is 1.58. The Morgan fingerprint density at radius 2 is 1.02 bits per heavy atom. The first-order valence-corrected chi connectivity index (χ1v) is 36.6. The first-order valence-electron chi connectivity index (χ1n) is 33.5. The molecule has 12 rings (SSSR count). The number of likely N-dealkylation sites (tertiary alicyclic amines) is 2. The van der Waals surface area contributed by atoms with Crippen LogP contribution >= 0.6 is 0 Å². The number of sulfonamides is 2. The number of carboxylic acids is 1. The number of fused-ring (bicyclic) bond motifs is 2. The lowest BCUT2D eigenvalue weighted by atomic mass is 9.85. The fourth-order valence-corrected chi connectivity index (χ4v) is 15.2. The molecule has 0 aromatic carbocycles. The number of hydrogen-bond donors (Lipinski definition) is 9. The molecule has 29 nitrogen and oxygen atoms in total. The van der Waals surface area contributed by atoms with Crippen molar-refractivity contribution in [2.75, 3.05) is 13.1 Å². The highest BCUT2D eigenvalue weighted by Crippen LogP contribution is 2.47. The van der Waals surface area contributed by atoms with E-state index in [9.17, 15) is 64.8 Å². The van der Waals surface area contributed by atoms with Gasteiger partial charge >= 0.3 is 5.97 Å².